The number of carbonyl (C=O) groups is 2. The van der Waals surface area contributed by atoms with E-state index >= 15 is 0 Å². The average Bonchev–Trinajstić information content (AvgIpc) is 2.97. The fourth-order valence-electron chi connectivity index (χ4n) is 3.40. The van der Waals surface area contributed by atoms with E-state index in [0.29, 0.717) is 24.3 Å². The van der Waals surface area contributed by atoms with Gasteiger partial charge in [0.25, 0.3) is 0 Å². The first-order valence-electron chi connectivity index (χ1n) is 8.05. The van der Waals surface area contributed by atoms with Crippen molar-refractivity contribution < 1.29 is 9.59 Å². The molecule has 1 N–H and O–H groups in total. The number of ketones is 1. The number of Topliss-reactive ketones (excluding diaryl/α,β-unsaturated/α-hetero) is 1. The van der Waals surface area contributed by atoms with Gasteiger partial charge in [-0.1, -0.05) is 13.8 Å². The van der Waals surface area contributed by atoms with E-state index in [4.69, 9.17) is 0 Å². The minimum Gasteiger partial charge on any atom is -0.352 e. The van der Waals surface area contributed by atoms with Crippen molar-refractivity contribution in [2.45, 2.75) is 65.0 Å². The molecule has 1 amide bonds. The van der Waals surface area contributed by atoms with Crippen LogP contribution in [0, 0.1) is 11.8 Å². The highest BCUT2D eigenvalue weighted by atomic mass is 16.2. The van der Waals surface area contributed by atoms with E-state index in [-0.39, 0.29) is 17.9 Å². The Labute approximate surface area is 122 Å². The van der Waals surface area contributed by atoms with E-state index in [1.165, 1.54) is 0 Å². The second kappa shape index (κ2) is 6.70. The molecule has 2 aliphatic rings. The Hall–Kier alpha value is -0.900. The molecule has 1 aliphatic heterocycles. The molecule has 3 unspecified atom stereocenters. The minimum atomic E-state index is 0.101. The van der Waals surface area contributed by atoms with Gasteiger partial charge in [-0.2, -0.15) is 0 Å². The summed E-state index contributed by atoms with van der Waals surface area (Å²) in [5, 5.41) is 3.06. The third-order valence-electron chi connectivity index (χ3n) is 4.97. The number of nitrogens with one attached hydrogen (secondary N) is 1. The fourth-order valence-corrected chi connectivity index (χ4v) is 3.40. The molecule has 4 nitrogen and oxygen atoms in total. The van der Waals surface area contributed by atoms with Crippen molar-refractivity contribution in [1.82, 2.24) is 10.2 Å². The van der Waals surface area contributed by atoms with Gasteiger partial charge in [0.05, 0.1) is 6.54 Å². The van der Waals surface area contributed by atoms with Crippen LogP contribution in [0.2, 0.25) is 0 Å². The third-order valence-corrected chi connectivity index (χ3v) is 4.97. The summed E-state index contributed by atoms with van der Waals surface area (Å²) in [4.78, 5) is 26.3. The zero-order valence-corrected chi connectivity index (χ0v) is 13.0. The van der Waals surface area contributed by atoms with E-state index in [2.05, 4.69) is 24.1 Å². The van der Waals surface area contributed by atoms with E-state index in [1.54, 1.807) is 0 Å². The molecule has 1 aliphatic carbocycles. The van der Waals surface area contributed by atoms with Crippen molar-refractivity contribution in [2.75, 3.05) is 13.1 Å². The molecule has 0 radical (unpaired) electrons. The van der Waals surface area contributed by atoms with Crippen molar-refractivity contribution in [2.24, 2.45) is 11.8 Å². The standard InChI is InChI=1S/C16H28N2O2/c1-11(2)12(3)17-16(20)10-18-9-5-7-14(18)13-6-4-8-15(13)19/h11-14H,4-10H2,1-3H3,(H,17,20). The van der Waals surface area contributed by atoms with Crippen molar-refractivity contribution in [3.63, 3.8) is 0 Å². The summed E-state index contributed by atoms with van der Waals surface area (Å²) >= 11 is 0. The lowest BCUT2D eigenvalue weighted by Crippen LogP contribution is -2.46. The second-order valence-corrected chi connectivity index (χ2v) is 6.75. The van der Waals surface area contributed by atoms with Crippen LogP contribution in [-0.2, 0) is 9.59 Å². The van der Waals surface area contributed by atoms with E-state index < -0.39 is 0 Å². The Morgan fingerprint density at radius 3 is 2.65 bits per heavy atom. The zero-order chi connectivity index (χ0) is 14.7. The second-order valence-electron chi connectivity index (χ2n) is 6.75. The molecule has 20 heavy (non-hydrogen) atoms. The van der Waals surface area contributed by atoms with Gasteiger partial charge in [0, 0.05) is 24.4 Å². The zero-order valence-electron chi connectivity index (χ0n) is 13.0. The van der Waals surface area contributed by atoms with Gasteiger partial charge in [0.2, 0.25) is 5.91 Å². The van der Waals surface area contributed by atoms with Crippen molar-refractivity contribution in [3.8, 4) is 0 Å². The first-order valence-corrected chi connectivity index (χ1v) is 8.05. The predicted octanol–water partition coefficient (Wildman–Crippen LogP) is 1.98. The molecular formula is C16H28N2O2. The maximum absolute atomic E-state index is 12.1. The van der Waals surface area contributed by atoms with Crippen molar-refractivity contribution in [3.05, 3.63) is 0 Å². The first kappa shape index (κ1) is 15.5. The Kier molecular flexibility index (Phi) is 5.19. The number of likely N-dealkylation sites (tertiary alicyclic amines) is 1. The quantitative estimate of drug-likeness (QED) is 0.838. The first-order chi connectivity index (χ1) is 9.49. The van der Waals surface area contributed by atoms with Gasteiger partial charge in [-0.15, -0.1) is 0 Å². The largest absolute Gasteiger partial charge is 0.352 e. The van der Waals surface area contributed by atoms with Gasteiger partial charge >= 0.3 is 0 Å². The summed E-state index contributed by atoms with van der Waals surface area (Å²) in [6.45, 7) is 7.68. The summed E-state index contributed by atoms with van der Waals surface area (Å²) in [7, 11) is 0. The maximum atomic E-state index is 12.1. The summed E-state index contributed by atoms with van der Waals surface area (Å²) < 4.78 is 0. The summed E-state index contributed by atoms with van der Waals surface area (Å²) in [5.41, 5.74) is 0. The lowest BCUT2D eigenvalue weighted by molar-refractivity contribution is -0.126. The van der Waals surface area contributed by atoms with Gasteiger partial charge in [-0.05, 0) is 45.1 Å². The monoisotopic (exact) mass is 280 g/mol. The molecule has 2 fully saturated rings. The topological polar surface area (TPSA) is 49.4 Å². The van der Waals surface area contributed by atoms with Gasteiger partial charge in [-0.3, -0.25) is 14.5 Å². The van der Waals surface area contributed by atoms with Crippen LogP contribution in [0.3, 0.4) is 0 Å². The van der Waals surface area contributed by atoms with Crippen LogP contribution >= 0.6 is 0 Å². The molecule has 1 heterocycles. The SMILES string of the molecule is CC(C)C(C)NC(=O)CN1CCCC1C1CCCC1=O. The maximum Gasteiger partial charge on any atom is 0.234 e. The lowest BCUT2D eigenvalue weighted by atomic mass is 9.95. The van der Waals surface area contributed by atoms with E-state index in [9.17, 15) is 9.59 Å². The molecule has 0 aromatic heterocycles. The number of hydrogen-bond donors (Lipinski definition) is 1. The molecule has 3 atom stereocenters. The van der Waals surface area contributed by atoms with E-state index in [1.807, 2.05) is 6.92 Å². The molecule has 0 spiro atoms. The van der Waals surface area contributed by atoms with Crippen LogP contribution < -0.4 is 5.32 Å². The van der Waals surface area contributed by atoms with Crippen LogP contribution in [0.15, 0.2) is 0 Å². The minimum absolute atomic E-state index is 0.101. The summed E-state index contributed by atoms with van der Waals surface area (Å²) in [5.74, 6) is 1.15. The van der Waals surface area contributed by atoms with Gasteiger partial charge in [0.1, 0.15) is 5.78 Å². The van der Waals surface area contributed by atoms with Crippen LogP contribution in [0.4, 0.5) is 0 Å². The van der Waals surface area contributed by atoms with Crippen LogP contribution in [-0.4, -0.2) is 41.8 Å². The van der Waals surface area contributed by atoms with Crippen molar-refractivity contribution >= 4 is 11.7 Å². The highest BCUT2D eigenvalue weighted by Crippen LogP contribution is 2.32. The average molecular weight is 280 g/mol. The molecule has 4 heteroatoms. The predicted molar refractivity (Wildman–Crippen MR) is 79.4 cm³/mol. The Bertz CT molecular complexity index is 367. The number of rotatable bonds is 5. The molecule has 114 valence electrons. The normalized spacial score (nSPS) is 29.1. The summed E-state index contributed by atoms with van der Waals surface area (Å²) in [6.07, 6.45) is 4.98. The number of carbonyl (C=O) groups excluding carboxylic acids is 2. The molecule has 1 saturated carbocycles. The molecule has 0 aromatic carbocycles. The molecule has 0 bridgehead atoms. The van der Waals surface area contributed by atoms with Gasteiger partial charge in [-0.25, -0.2) is 0 Å². The van der Waals surface area contributed by atoms with Crippen LogP contribution in [0.25, 0.3) is 0 Å². The highest BCUT2D eigenvalue weighted by molar-refractivity contribution is 5.84. The Morgan fingerprint density at radius 2 is 2.05 bits per heavy atom. The smallest absolute Gasteiger partial charge is 0.234 e. The summed E-state index contributed by atoms with van der Waals surface area (Å²) in [6, 6.07) is 0.516. The lowest BCUT2D eigenvalue weighted by Gasteiger charge is -2.28. The number of amides is 1. The highest BCUT2D eigenvalue weighted by Gasteiger charge is 2.38. The van der Waals surface area contributed by atoms with Crippen LogP contribution in [0.1, 0.15) is 52.9 Å². The van der Waals surface area contributed by atoms with Crippen molar-refractivity contribution in [1.29, 1.82) is 0 Å². The van der Waals surface area contributed by atoms with Crippen LogP contribution in [0.5, 0.6) is 0 Å². The number of nitrogens with zero attached hydrogens (tertiary/aromatic N) is 1. The fraction of sp³-hybridized carbons (Fsp3) is 0.875. The van der Waals surface area contributed by atoms with Gasteiger partial charge < -0.3 is 5.32 Å². The number of hydrogen-bond acceptors (Lipinski definition) is 3. The molecular weight excluding hydrogens is 252 g/mol. The Balaban J connectivity index is 1.88. The third kappa shape index (κ3) is 3.60. The molecule has 2 rings (SSSR count). The molecule has 1 saturated heterocycles. The Morgan fingerprint density at radius 1 is 1.30 bits per heavy atom. The van der Waals surface area contributed by atoms with Gasteiger partial charge in [0.15, 0.2) is 0 Å². The molecule has 0 aromatic rings. The van der Waals surface area contributed by atoms with E-state index in [0.717, 1.165) is 38.6 Å².